The van der Waals surface area contributed by atoms with Crippen LogP contribution in [0.1, 0.15) is 29.7 Å². The van der Waals surface area contributed by atoms with Gasteiger partial charge in [0, 0.05) is 24.2 Å². The molecule has 182 valence electrons. The SMILES string of the molecule is COc1ccc(-c2onc(C)c2C)cc1S(=O)(=O)NCC1CCN(Cc2ccc(F)cc2)CC1. The average Bonchev–Trinajstić information content (AvgIpc) is 3.18. The predicted molar refractivity (Wildman–Crippen MR) is 128 cm³/mol. The molecule has 7 nitrogen and oxygen atoms in total. The standard InChI is InChI=1S/C25H30FN3O4S/c1-17-18(2)28-33-25(17)21-6-9-23(32-3)24(14-21)34(30,31)27-15-19-10-12-29(13-11-19)16-20-4-7-22(26)8-5-20/h4-9,14,19,27H,10-13,15-16H2,1-3H3. The Morgan fingerprint density at radius 2 is 1.85 bits per heavy atom. The van der Waals surface area contributed by atoms with Crippen LogP contribution in [-0.2, 0) is 16.6 Å². The van der Waals surface area contributed by atoms with Crippen LogP contribution in [0.2, 0.25) is 0 Å². The van der Waals surface area contributed by atoms with E-state index in [1.165, 1.54) is 19.2 Å². The lowest BCUT2D eigenvalue weighted by Gasteiger charge is -2.32. The number of piperidine rings is 1. The van der Waals surface area contributed by atoms with Gasteiger partial charge in [0.1, 0.15) is 16.5 Å². The molecule has 0 spiro atoms. The van der Waals surface area contributed by atoms with Crippen molar-refractivity contribution < 1.29 is 22.1 Å². The summed E-state index contributed by atoms with van der Waals surface area (Å²) in [6.45, 7) is 6.60. The first-order chi connectivity index (χ1) is 16.3. The number of halogens is 1. The Hall–Kier alpha value is -2.75. The van der Waals surface area contributed by atoms with Crippen molar-refractivity contribution in [3.63, 3.8) is 0 Å². The molecule has 0 unspecified atom stereocenters. The van der Waals surface area contributed by atoms with Gasteiger partial charge in [0.2, 0.25) is 10.0 Å². The molecule has 9 heteroatoms. The quantitative estimate of drug-likeness (QED) is 0.510. The second-order valence-electron chi connectivity index (χ2n) is 8.79. The maximum Gasteiger partial charge on any atom is 0.244 e. The summed E-state index contributed by atoms with van der Waals surface area (Å²) >= 11 is 0. The molecule has 1 aliphatic heterocycles. The second kappa shape index (κ2) is 10.2. The Morgan fingerprint density at radius 3 is 2.47 bits per heavy atom. The Labute approximate surface area is 200 Å². The summed E-state index contributed by atoms with van der Waals surface area (Å²) in [6.07, 6.45) is 1.77. The van der Waals surface area contributed by atoms with E-state index in [-0.39, 0.29) is 22.4 Å². The lowest BCUT2D eigenvalue weighted by atomic mass is 9.97. The molecule has 0 aliphatic carbocycles. The van der Waals surface area contributed by atoms with Crippen LogP contribution in [-0.4, -0.2) is 45.2 Å². The molecule has 0 bridgehead atoms. The third-order valence-corrected chi connectivity index (χ3v) is 7.91. The largest absolute Gasteiger partial charge is 0.495 e. The second-order valence-corrected chi connectivity index (χ2v) is 10.5. The van der Waals surface area contributed by atoms with Crippen molar-refractivity contribution in [2.24, 2.45) is 5.92 Å². The van der Waals surface area contributed by atoms with Crippen LogP contribution < -0.4 is 9.46 Å². The number of hydrogen-bond donors (Lipinski definition) is 1. The molecule has 2 heterocycles. The predicted octanol–water partition coefficient (Wildman–Crippen LogP) is 4.30. The molecule has 0 amide bonds. The smallest absolute Gasteiger partial charge is 0.244 e. The molecule has 1 saturated heterocycles. The van der Waals surface area contributed by atoms with Crippen molar-refractivity contribution in [2.75, 3.05) is 26.7 Å². The molecule has 0 saturated carbocycles. The number of ether oxygens (including phenoxy) is 1. The third kappa shape index (κ3) is 5.48. The summed E-state index contributed by atoms with van der Waals surface area (Å²) in [5.74, 6) is 0.833. The molecule has 0 radical (unpaired) electrons. The Bertz CT molecular complexity index is 1230. The molecule has 2 aromatic carbocycles. The maximum absolute atomic E-state index is 13.2. The maximum atomic E-state index is 13.2. The van der Waals surface area contributed by atoms with E-state index in [1.54, 1.807) is 30.3 Å². The summed E-state index contributed by atoms with van der Waals surface area (Å²) in [5.41, 5.74) is 3.34. The van der Waals surface area contributed by atoms with Crippen LogP contribution >= 0.6 is 0 Å². The van der Waals surface area contributed by atoms with Gasteiger partial charge in [-0.25, -0.2) is 17.5 Å². The summed E-state index contributed by atoms with van der Waals surface area (Å²) in [7, 11) is -2.34. The van der Waals surface area contributed by atoms with E-state index in [1.807, 2.05) is 13.8 Å². The van der Waals surface area contributed by atoms with Crippen molar-refractivity contribution in [2.45, 2.75) is 38.1 Å². The molecular weight excluding hydrogens is 457 g/mol. The van der Waals surface area contributed by atoms with E-state index in [0.29, 0.717) is 17.9 Å². The number of benzene rings is 2. The Kier molecular flexibility index (Phi) is 7.35. The number of hydrogen-bond acceptors (Lipinski definition) is 6. The monoisotopic (exact) mass is 487 g/mol. The van der Waals surface area contributed by atoms with Gasteiger partial charge in [0.05, 0.1) is 12.8 Å². The minimum atomic E-state index is -3.79. The molecule has 1 N–H and O–H groups in total. The zero-order valence-corrected chi connectivity index (χ0v) is 20.5. The van der Waals surface area contributed by atoms with Gasteiger partial charge in [-0.3, -0.25) is 4.90 Å². The molecular formula is C25H30FN3O4S. The Balaban J connectivity index is 1.39. The van der Waals surface area contributed by atoms with Gasteiger partial charge < -0.3 is 9.26 Å². The van der Waals surface area contributed by atoms with E-state index in [0.717, 1.165) is 49.3 Å². The van der Waals surface area contributed by atoms with Gasteiger partial charge in [-0.05, 0) is 81.6 Å². The van der Waals surface area contributed by atoms with Crippen molar-refractivity contribution in [3.8, 4) is 17.1 Å². The highest BCUT2D eigenvalue weighted by molar-refractivity contribution is 7.89. The molecule has 1 aromatic heterocycles. The molecule has 34 heavy (non-hydrogen) atoms. The van der Waals surface area contributed by atoms with E-state index in [9.17, 15) is 12.8 Å². The van der Waals surface area contributed by atoms with Crippen LogP contribution in [0.15, 0.2) is 51.9 Å². The average molecular weight is 488 g/mol. The number of aryl methyl sites for hydroxylation is 1. The van der Waals surface area contributed by atoms with E-state index >= 15 is 0 Å². The Morgan fingerprint density at radius 1 is 1.15 bits per heavy atom. The van der Waals surface area contributed by atoms with Crippen LogP contribution in [0.3, 0.4) is 0 Å². The highest BCUT2D eigenvalue weighted by Crippen LogP contribution is 2.32. The first kappa shape index (κ1) is 24.4. The number of nitrogens with zero attached hydrogens (tertiary/aromatic N) is 2. The van der Waals surface area contributed by atoms with E-state index in [2.05, 4.69) is 14.8 Å². The van der Waals surface area contributed by atoms with Gasteiger partial charge in [-0.1, -0.05) is 17.3 Å². The fraction of sp³-hybridized carbons (Fsp3) is 0.400. The molecule has 0 atom stereocenters. The zero-order chi connectivity index (χ0) is 24.3. The fourth-order valence-electron chi connectivity index (χ4n) is 4.21. The number of nitrogens with one attached hydrogen (secondary N) is 1. The highest BCUT2D eigenvalue weighted by atomic mass is 32.2. The van der Waals surface area contributed by atoms with Crippen LogP contribution in [0.25, 0.3) is 11.3 Å². The minimum Gasteiger partial charge on any atom is -0.495 e. The molecule has 3 aromatic rings. The zero-order valence-electron chi connectivity index (χ0n) is 19.7. The number of rotatable bonds is 8. The summed E-state index contributed by atoms with van der Waals surface area (Å²) in [4.78, 5) is 2.39. The summed E-state index contributed by atoms with van der Waals surface area (Å²) in [5, 5.41) is 3.97. The fourth-order valence-corrected chi connectivity index (χ4v) is 5.52. The van der Waals surface area contributed by atoms with Crippen LogP contribution in [0.5, 0.6) is 5.75 Å². The van der Waals surface area contributed by atoms with E-state index in [4.69, 9.17) is 9.26 Å². The van der Waals surface area contributed by atoms with Crippen molar-refractivity contribution >= 4 is 10.0 Å². The summed E-state index contributed by atoms with van der Waals surface area (Å²) < 4.78 is 53.0. The number of methoxy groups -OCH3 is 1. The van der Waals surface area contributed by atoms with Crippen molar-refractivity contribution in [1.82, 2.24) is 14.8 Å². The lowest BCUT2D eigenvalue weighted by Crippen LogP contribution is -2.38. The molecule has 1 aliphatic rings. The molecule has 4 rings (SSSR count). The van der Waals surface area contributed by atoms with Gasteiger partial charge in [-0.2, -0.15) is 0 Å². The first-order valence-corrected chi connectivity index (χ1v) is 12.8. The van der Waals surface area contributed by atoms with Crippen LogP contribution in [0.4, 0.5) is 4.39 Å². The van der Waals surface area contributed by atoms with E-state index < -0.39 is 10.0 Å². The highest BCUT2D eigenvalue weighted by Gasteiger charge is 2.25. The van der Waals surface area contributed by atoms with Crippen molar-refractivity contribution in [3.05, 3.63) is 65.1 Å². The van der Waals surface area contributed by atoms with Gasteiger partial charge in [0.15, 0.2) is 5.76 Å². The van der Waals surface area contributed by atoms with Crippen molar-refractivity contribution in [1.29, 1.82) is 0 Å². The third-order valence-electron chi connectivity index (χ3n) is 6.46. The lowest BCUT2D eigenvalue weighted by molar-refractivity contribution is 0.178. The normalized spacial score (nSPS) is 15.5. The van der Waals surface area contributed by atoms with Crippen LogP contribution in [0, 0.1) is 25.6 Å². The molecule has 1 fully saturated rings. The topological polar surface area (TPSA) is 84.7 Å². The number of sulfonamides is 1. The number of aromatic nitrogens is 1. The summed E-state index contributed by atoms with van der Waals surface area (Å²) in [6, 6.07) is 11.5. The number of likely N-dealkylation sites (tertiary alicyclic amines) is 1. The first-order valence-electron chi connectivity index (χ1n) is 11.3. The minimum absolute atomic E-state index is 0.0784. The van der Waals surface area contributed by atoms with Gasteiger partial charge >= 0.3 is 0 Å². The van der Waals surface area contributed by atoms with Gasteiger partial charge in [-0.15, -0.1) is 0 Å². The van der Waals surface area contributed by atoms with Gasteiger partial charge in [0.25, 0.3) is 0 Å².